The van der Waals surface area contributed by atoms with Crippen LogP contribution in [0.1, 0.15) is 29.8 Å². The number of hydrogen-bond donors (Lipinski definition) is 0. The van der Waals surface area contributed by atoms with Crippen LogP contribution in [0.25, 0.3) is 0 Å². The minimum Gasteiger partial charge on any atom is -0.449 e. The molecule has 0 unspecified atom stereocenters. The summed E-state index contributed by atoms with van der Waals surface area (Å²) < 4.78 is 31.6. The molecular formula is C19H16ClF2NO3. The maximum absolute atomic E-state index is 13.4. The Morgan fingerprint density at radius 3 is 2.62 bits per heavy atom. The number of hydrogen-bond acceptors (Lipinski definition) is 3. The quantitative estimate of drug-likeness (QED) is 0.594. The van der Waals surface area contributed by atoms with E-state index in [1.54, 1.807) is 4.90 Å². The van der Waals surface area contributed by atoms with Gasteiger partial charge in [0.05, 0.1) is 10.6 Å². The Kier molecular flexibility index (Phi) is 4.96. The lowest BCUT2D eigenvalue weighted by molar-refractivity contribution is -0.126. The Balaban J connectivity index is 1.78. The van der Waals surface area contributed by atoms with Gasteiger partial charge >= 0.3 is 5.97 Å². The molecule has 0 fully saturated rings. The lowest BCUT2D eigenvalue weighted by Gasteiger charge is -2.26. The molecule has 0 saturated heterocycles. The van der Waals surface area contributed by atoms with Crippen LogP contribution in [0, 0.1) is 11.6 Å². The second-order valence-corrected chi connectivity index (χ2v) is 6.59. The van der Waals surface area contributed by atoms with E-state index in [0.717, 1.165) is 11.3 Å². The van der Waals surface area contributed by atoms with Gasteiger partial charge < -0.3 is 9.64 Å². The number of halogens is 3. The maximum atomic E-state index is 13.4. The molecule has 0 radical (unpaired) electrons. The molecule has 0 bridgehead atoms. The van der Waals surface area contributed by atoms with Crippen LogP contribution in [-0.2, 0) is 16.0 Å². The van der Waals surface area contributed by atoms with Crippen LogP contribution in [0.15, 0.2) is 36.4 Å². The summed E-state index contributed by atoms with van der Waals surface area (Å²) >= 11 is 5.77. The summed E-state index contributed by atoms with van der Waals surface area (Å²) in [7, 11) is 0. The van der Waals surface area contributed by atoms with Crippen molar-refractivity contribution in [3.63, 3.8) is 0 Å². The number of fused-ring (bicyclic) bond motifs is 1. The molecule has 0 aliphatic carbocycles. The van der Waals surface area contributed by atoms with E-state index in [0.29, 0.717) is 18.6 Å². The predicted molar refractivity (Wildman–Crippen MR) is 93.3 cm³/mol. The first-order valence-corrected chi connectivity index (χ1v) is 8.44. The van der Waals surface area contributed by atoms with Crippen LogP contribution in [0.3, 0.4) is 0 Å². The number of carbonyl (C=O) groups excluding carboxylic acids is 2. The molecule has 1 aliphatic rings. The molecular weight excluding hydrogens is 364 g/mol. The predicted octanol–water partition coefficient (Wildman–Crippen LogP) is 4.14. The summed E-state index contributed by atoms with van der Waals surface area (Å²) in [5.74, 6) is -3.77. The van der Waals surface area contributed by atoms with Gasteiger partial charge in [-0.1, -0.05) is 29.8 Å². The van der Waals surface area contributed by atoms with E-state index >= 15 is 0 Å². The van der Waals surface area contributed by atoms with Crippen LogP contribution in [0.5, 0.6) is 0 Å². The van der Waals surface area contributed by atoms with Gasteiger partial charge in [0.1, 0.15) is 0 Å². The smallest absolute Gasteiger partial charge is 0.340 e. The number of nitrogens with zero attached hydrogens (tertiary/aromatic N) is 1. The summed E-state index contributed by atoms with van der Waals surface area (Å²) in [6, 6.07) is 8.77. The molecule has 2 aromatic rings. The van der Waals surface area contributed by atoms with E-state index in [1.165, 1.54) is 6.92 Å². The third kappa shape index (κ3) is 3.29. The van der Waals surface area contributed by atoms with E-state index in [-0.39, 0.29) is 16.6 Å². The molecule has 1 amide bonds. The molecule has 4 nitrogen and oxygen atoms in total. The van der Waals surface area contributed by atoms with Crippen LogP contribution < -0.4 is 4.90 Å². The van der Waals surface area contributed by atoms with E-state index in [9.17, 15) is 18.4 Å². The summed E-state index contributed by atoms with van der Waals surface area (Å²) in [5, 5.41) is -0.284. The average molecular weight is 380 g/mol. The first-order valence-electron chi connectivity index (χ1n) is 8.06. The molecule has 26 heavy (non-hydrogen) atoms. The molecule has 2 atom stereocenters. The van der Waals surface area contributed by atoms with Crippen molar-refractivity contribution in [2.75, 3.05) is 4.90 Å². The van der Waals surface area contributed by atoms with Gasteiger partial charge in [-0.3, -0.25) is 4.79 Å². The van der Waals surface area contributed by atoms with E-state index in [1.807, 2.05) is 31.2 Å². The van der Waals surface area contributed by atoms with Crippen molar-refractivity contribution in [3.05, 3.63) is 64.2 Å². The molecule has 136 valence electrons. The molecule has 0 aromatic heterocycles. The number of para-hydroxylation sites is 1. The fourth-order valence-electron chi connectivity index (χ4n) is 3.05. The highest BCUT2D eigenvalue weighted by Crippen LogP contribution is 2.32. The standard InChI is InChI=1S/C19H16ClF2NO3/c1-10-7-12-5-3-4-6-17(12)23(10)18(24)11(2)26-19(25)13-8-15(21)16(22)9-14(13)20/h3-6,8-11H,7H2,1-2H3/t10-,11-/m0/s1. The minimum absolute atomic E-state index is 0.0760. The minimum atomic E-state index is -1.22. The Morgan fingerprint density at radius 1 is 1.23 bits per heavy atom. The summed E-state index contributed by atoms with van der Waals surface area (Å²) in [5.41, 5.74) is 1.48. The normalized spacial score (nSPS) is 17.0. The number of anilines is 1. The molecule has 1 heterocycles. The molecule has 7 heteroatoms. The average Bonchev–Trinajstić information content (AvgIpc) is 2.92. The zero-order chi connectivity index (χ0) is 19.0. The first kappa shape index (κ1) is 18.3. The molecule has 0 N–H and O–H groups in total. The zero-order valence-electron chi connectivity index (χ0n) is 14.1. The van der Waals surface area contributed by atoms with Gasteiger partial charge in [-0.2, -0.15) is 0 Å². The van der Waals surface area contributed by atoms with E-state index in [2.05, 4.69) is 0 Å². The number of esters is 1. The van der Waals surface area contributed by atoms with Crippen molar-refractivity contribution in [1.82, 2.24) is 0 Å². The highest BCUT2D eigenvalue weighted by molar-refractivity contribution is 6.33. The van der Waals surface area contributed by atoms with Crippen LogP contribution in [-0.4, -0.2) is 24.0 Å². The molecule has 0 saturated carbocycles. The second kappa shape index (κ2) is 7.03. The number of rotatable bonds is 3. The summed E-state index contributed by atoms with van der Waals surface area (Å²) in [4.78, 5) is 26.6. The first-order chi connectivity index (χ1) is 12.3. The monoisotopic (exact) mass is 379 g/mol. The number of benzene rings is 2. The highest BCUT2D eigenvalue weighted by Gasteiger charge is 2.34. The molecule has 1 aliphatic heterocycles. The largest absolute Gasteiger partial charge is 0.449 e. The van der Waals surface area contributed by atoms with Gasteiger partial charge in [0, 0.05) is 11.7 Å². The number of ether oxygens (including phenoxy) is 1. The zero-order valence-corrected chi connectivity index (χ0v) is 14.9. The molecule has 2 aromatic carbocycles. The number of carbonyl (C=O) groups is 2. The van der Waals surface area contributed by atoms with Crippen molar-refractivity contribution >= 4 is 29.2 Å². The molecule has 3 rings (SSSR count). The van der Waals surface area contributed by atoms with Gasteiger partial charge in [0.25, 0.3) is 5.91 Å². The topological polar surface area (TPSA) is 46.6 Å². The summed E-state index contributed by atoms with van der Waals surface area (Å²) in [6.07, 6.45) is -0.405. The van der Waals surface area contributed by atoms with Crippen molar-refractivity contribution < 1.29 is 23.1 Å². The van der Waals surface area contributed by atoms with Gasteiger partial charge in [-0.25, -0.2) is 13.6 Å². The Bertz CT molecular complexity index is 887. The van der Waals surface area contributed by atoms with Gasteiger partial charge in [-0.05, 0) is 44.0 Å². The SMILES string of the molecule is C[C@H](OC(=O)c1cc(F)c(F)cc1Cl)C(=O)N1c2ccccc2C[C@@H]1C. The Labute approximate surface area is 154 Å². The fraction of sp³-hybridized carbons (Fsp3) is 0.263. The van der Waals surface area contributed by atoms with Crippen LogP contribution in [0.2, 0.25) is 5.02 Å². The van der Waals surface area contributed by atoms with Crippen molar-refractivity contribution in [2.24, 2.45) is 0 Å². The van der Waals surface area contributed by atoms with Gasteiger partial charge in [0.2, 0.25) is 0 Å². The van der Waals surface area contributed by atoms with Crippen LogP contribution in [0.4, 0.5) is 14.5 Å². The maximum Gasteiger partial charge on any atom is 0.340 e. The van der Waals surface area contributed by atoms with Crippen molar-refractivity contribution in [3.8, 4) is 0 Å². The molecule has 0 spiro atoms. The van der Waals surface area contributed by atoms with Crippen LogP contribution >= 0.6 is 11.6 Å². The lowest BCUT2D eigenvalue weighted by Crippen LogP contribution is -2.43. The number of amides is 1. The van der Waals surface area contributed by atoms with E-state index < -0.39 is 29.6 Å². The van der Waals surface area contributed by atoms with Gasteiger partial charge in [-0.15, -0.1) is 0 Å². The summed E-state index contributed by atoms with van der Waals surface area (Å²) in [6.45, 7) is 3.33. The second-order valence-electron chi connectivity index (χ2n) is 6.18. The third-order valence-electron chi connectivity index (χ3n) is 4.31. The Morgan fingerprint density at radius 2 is 1.88 bits per heavy atom. The van der Waals surface area contributed by atoms with E-state index in [4.69, 9.17) is 16.3 Å². The lowest BCUT2D eigenvalue weighted by atomic mass is 10.1. The van der Waals surface area contributed by atoms with Crippen molar-refractivity contribution in [1.29, 1.82) is 0 Å². The van der Waals surface area contributed by atoms with Gasteiger partial charge in [0.15, 0.2) is 17.7 Å². The van der Waals surface area contributed by atoms with Crippen molar-refractivity contribution in [2.45, 2.75) is 32.4 Å². The fourth-order valence-corrected chi connectivity index (χ4v) is 3.28. The Hall–Kier alpha value is -2.47. The highest BCUT2D eigenvalue weighted by atomic mass is 35.5. The third-order valence-corrected chi connectivity index (χ3v) is 4.62.